The number of allylic oxidation sites excluding steroid dienone is 1. The topological polar surface area (TPSA) is 84.9 Å². The first-order valence-electron chi connectivity index (χ1n) is 12.3. The van der Waals surface area contributed by atoms with Crippen molar-refractivity contribution in [2.24, 2.45) is 5.92 Å². The fourth-order valence-electron chi connectivity index (χ4n) is 4.80. The summed E-state index contributed by atoms with van der Waals surface area (Å²) >= 11 is 0. The number of nitrogens with one attached hydrogen (secondary N) is 1. The van der Waals surface area contributed by atoms with E-state index in [0.717, 1.165) is 12.0 Å². The number of esters is 2. The Morgan fingerprint density at radius 2 is 1.88 bits per heavy atom. The predicted molar refractivity (Wildman–Crippen MR) is 130 cm³/mol. The number of aryl methyl sites for hydroxylation is 1. The van der Waals surface area contributed by atoms with Gasteiger partial charge in [-0.3, -0.25) is 14.9 Å². The number of rotatable bonds is 9. The van der Waals surface area contributed by atoms with Crippen LogP contribution >= 0.6 is 0 Å². The number of hydrogen-bond acceptors (Lipinski definition) is 6. The number of ether oxygens (including phenoxy) is 2. The molecule has 2 aliphatic rings. The third-order valence-corrected chi connectivity index (χ3v) is 6.33. The summed E-state index contributed by atoms with van der Waals surface area (Å²) < 4.78 is 10.9. The maximum absolute atomic E-state index is 13.6. The maximum Gasteiger partial charge on any atom is 0.329 e. The Labute approximate surface area is 202 Å². The van der Waals surface area contributed by atoms with Gasteiger partial charge in [0.2, 0.25) is 5.91 Å². The van der Waals surface area contributed by atoms with Crippen LogP contribution in [0.1, 0.15) is 59.4 Å². The Morgan fingerprint density at radius 1 is 1.18 bits per heavy atom. The van der Waals surface area contributed by atoms with E-state index in [-0.39, 0.29) is 36.4 Å². The molecular formula is C27H38N2O5. The van der Waals surface area contributed by atoms with Gasteiger partial charge in [-0.1, -0.05) is 42.5 Å². The van der Waals surface area contributed by atoms with Crippen molar-refractivity contribution in [1.82, 2.24) is 10.2 Å². The molecule has 186 valence electrons. The third kappa shape index (κ3) is 6.47. The van der Waals surface area contributed by atoms with Gasteiger partial charge in [0.1, 0.15) is 17.7 Å². The number of nitrogens with zero attached hydrogens (tertiary/aromatic N) is 1. The second-order valence-electron chi connectivity index (χ2n) is 10.2. The van der Waals surface area contributed by atoms with Crippen LogP contribution in [0.3, 0.4) is 0 Å². The molecule has 1 aliphatic carbocycles. The van der Waals surface area contributed by atoms with Crippen molar-refractivity contribution in [2.45, 2.75) is 90.1 Å². The van der Waals surface area contributed by atoms with Crippen LogP contribution in [0, 0.1) is 5.92 Å². The molecule has 7 heteroatoms. The number of hydrogen-bond donors (Lipinski definition) is 1. The molecule has 1 aliphatic heterocycles. The fraction of sp³-hybridized carbons (Fsp3) is 0.593. The summed E-state index contributed by atoms with van der Waals surface area (Å²) in [6.07, 6.45) is 6.69. The first kappa shape index (κ1) is 25.9. The van der Waals surface area contributed by atoms with Gasteiger partial charge in [-0.25, -0.2) is 4.79 Å². The molecule has 0 aromatic heterocycles. The molecule has 5 atom stereocenters. The van der Waals surface area contributed by atoms with E-state index in [1.165, 1.54) is 0 Å². The van der Waals surface area contributed by atoms with E-state index in [2.05, 4.69) is 11.4 Å². The highest BCUT2D eigenvalue weighted by molar-refractivity contribution is 5.89. The summed E-state index contributed by atoms with van der Waals surface area (Å²) in [4.78, 5) is 40.9. The number of amides is 1. The molecule has 1 aromatic carbocycles. The number of carbonyl (C=O) groups is 3. The van der Waals surface area contributed by atoms with E-state index in [1.807, 2.05) is 57.2 Å². The highest BCUT2D eigenvalue weighted by atomic mass is 16.6. The van der Waals surface area contributed by atoms with Gasteiger partial charge in [-0.2, -0.15) is 0 Å². The van der Waals surface area contributed by atoms with Crippen LogP contribution in [0.4, 0.5) is 0 Å². The molecule has 1 N–H and O–H groups in total. The van der Waals surface area contributed by atoms with Gasteiger partial charge in [-0.15, -0.1) is 0 Å². The molecule has 1 heterocycles. The Kier molecular flexibility index (Phi) is 8.52. The number of carbonyl (C=O) groups excluding carboxylic acids is 3. The van der Waals surface area contributed by atoms with Crippen molar-refractivity contribution in [3.05, 3.63) is 48.0 Å². The van der Waals surface area contributed by atoms with Crippen LogP contribution in [-0.4, -0.2) is 59.1 Å². The van der Waals surface area contributed by atoms with Crippen molar-refractivity contribution in [2.75, 3.05) is 6.61 Å². The van der Waals surface area contributed by atoms with Crippen LogP contribution in [0.15, 0.2) is 42.5 Å². The predicted octanol–water partition coefficient (Wildman–Crippen LogP) is 3.42. The first-order chi connectivity index (χ1) is 16.1. The zero-order chi connectivity index (χ0) is 24.9. The lowest BCUT2D eigenvalue weighted by molar-refractivity contribution is -0.164. The van der Waals surface area contributed by atoms with Crippen molar-refractivity contribution in [1.29, 1.82) is 0 Å². The molecule has 1 aromatic rings. The molecule has 3 rings (SSSR count). The second-order valence-corrected chi connectivity index (χ2v) is 10.2. The molecule has 0 radical (unpaired) electrons. The van der Waals surface area contributed by atoms with Gasteiger partial charge in [0.15, 0.2) is 0 Å². The summed E-state index contributed by atoms with van der Waals surface area (Å²) in [5.74, 6) is -0.736. The Hall–Kier alpha value is -2.67. The minimum Gasteiger partial charge on any atom is -0.465 e. The Bertz CT molecular complexity index is 892. The molecule has 1 amide bonds. The van der Waals surface area contributed by atoms with Gasteiger partial charge in [0.05, 0.1) is 18.7 Å². The van der Waals surface area contributed by atoms with Crippen LogP contribution < -0.4 is 5.32 Å². The van der Waals surface area contributed by atoms with Gasteiger partial charge in [0.25, 0.3) is 0 Å². The monoisotopic (exact) mass is 470 g/mol. The average Bonchev–Trinajstić information content (AvgIpc) is 3.37. The summed E-state index contributed by atoms with van der Waals surface area (Å²) in [6, 6.07) is 7.86. The molecule has 1 fully saturated rings. The standard InChI is InChI=1S/C27H38N2O5/c1-6-33-25(31)21(16-15-19-11-8-7-9-12-19)28-18(2)24(30)29-22-14-10-13-20(22)17-23(29)26(32)34-27(3,4)5/h7-12,14,18,20-23,28H,6,13,15-17H2,1-5H3/t18-,20?,21-,22?,23?/m0/s1. The van der Waals surface area contributed by atoms with E-state index in [1.54, 1.807) is 18.7 Å². The molecule has 3 unspecified atom stereocenters. The zero-order valence-corrected chi connectivity index (χ0v) is 21.0. The highest BCUT2D eigenvalue weighted by Crippen LogP contribution is 2.38. The van der Waals surface area contributed by atoms with E-state index >= 15 is 0 Å². The second kappa shape index (κ2) is 11.2. The smallest absolute Gasteiger partial charge is 0.329 e. The van der Waals surface area contributed by atoms with Crippen molar-refractivity contribution in [3.63, 3.8) is 0 Å². The largest absolute Gasteiger partial charge is 0.465 e. The summed E-state index contributed by atoms with van der Waals surface area (Å²) in [7, 11) is 0. The molecule has 7 nitrogen and oxygen atoms in total. The quantitative estimate of drug-likeness (QED) is 0.440. The van der Waals surface area contributed by atoms with Gasteiger partial charge >= 0.3 is 11.9 Å². The van der Waals surface area contributed by atoms with Gasteiger partial charge in [-0.05, 0) is 71.8 Å². The number of fused-ring (bicyclic) bond motifs is 1. The fourth-order valence-corrected chi connectivity index (χ4v) is 4.80. The van der Waals surface area contributed by atoms with Crippen molar-refractivity contribution < 1.29 is 23.9 Å². The van der Waals surface area contributed by atoms with Crippen LogP contribution in [0.2, 0.25) is 0 Å². The van der Waals surface area contributed by atoms with Crippen LogP contribution in [0.5, 0.6) is 0 Å². The molecular weight excluding hydrogens is 432 g/mol. The summed E-state index contributed by atoms with van der Waals surface area (Å²) in [5.41, 5.74) is 0.483. The highest BCUT2D eigenvalue weighted by Gasteiger charge is 2.49. The minimum atomic E-state index is -0.664. The third-order valence-electron chi connectivity index (χ3n) is 6.33. The molecule has 0 saturated carbocycles. The molecule has 34 heavy (non-hydrogen) atoms. The molecule has 1 saturated heterocycles. The average molecular weight is 471 g/mol. The maximum atomic E-state index is 13.6. The number of likely N-dealkylation sites (tertiary alicyclic amines) is 1. The normalized spacial score (nSPS) is 23.3. The lowest BCUT2D eigenvalue weighted by atomic mass is 10.0. The lowest BCUT2D eigenvalue weighted by Gasteiger charge is -2.33. The molecule has 0 bridgehead atoms. The number of benzene rings is 1. The lowest BCUT2D eigenvalue weighted by Crippen LogP contribution is -2.55. The molecule has 0 spiro atoms. The van der Waals surface area contributed by atoms with Crippen molar-refractivity contribution >= 4 is 17.8 Å². The van der Waals surface area contributed by atoms with Gasteiger partial charge < -0.3 is 14.4 Å². The minimum absolute atomic E-state index is 0.125. The Morgan fingerprint density at radius 3 is 2.53 bits per heavy atom. The Balaban J connectivity index is 1.73. The van der Waals surface area contributed by atoms with Gasteiger partial charge in [0, 0.05) is 0 Å². The first-order valence-corrected chi connectivity index (χ1v) is 12.3. The van der Waals surface area contributed by atoms with Crippen LogP contribution in [0.25, 0.3) is 0 Å². The summed E-state index contributed by atoms with van der Waals surface area (Å²) in [5, 5.41) is 3.19. The van der Waals surface area contributed by atoms with E-state index in [4.69, 9.17) is 9.47 Å². The van der Waals surface area contributed by atoms with E-state index in [9.17, 15) is 14.4 Å². The van der Waals surface area contributed by atoms with E-state index < -0.39 is 23.7 Å². The SMILES string of the molecule is CCOC(=O)[C@H](CCc1ccccc1)N[C@@H](C)C(=O)N1C(C(=O)OC(C)(C)C)CC2CC=CC21. The van der Waals surface area contributed by atoms with Crippen molar-refractivity contribution in [3.8, 4) is 0 Å². The van der Waals surface area contributed by atoms with Crippen LogP contribution in [-0.2, 0) is 30.3 Å². The summed E-state index contributed by atoms with van der Waals surface area (Å²) in [6.45, 7) is 9.26. The van der Waals surface area contributed by atoms with E-state index in [0.29, 0.717) is 19.3 Å². The zero-order valence-electron chi connectivity index (χ0n) is 21.0.